The third kappa shape index (κ3) is 5.15. The molecular weight excluding hydrogens is 314 g/mol. The molecule has 1 N–H and O–H groups in total. The third-order valence-corrected chi connectivity index (χ3v) is 4.09. The van der Waals surface area contributed by atoms with E-state index in [2.05, 4.69) is 31.1 Å². The number of hydrogen-bond acceptors (Lipinski definition) is 3. The number of rotatable bonds is 5. The summed E-state index contributed by atoms with van der Waals surface area (Å²) in [6.45, 7) is 12.8. The number of nitrogens with one attached hydrogen (secondary N) is 1. The zero-order valence-corrected chi connectivity index (χ0v) is 16.1. The molecular formula is C20H29N3O2. The average Bonchev–Trinajstić information content (AvgIpc) is 2.44. The van der Waals surface area contributed by atoms with Crippen molar-refractivity contribution in [1.29, 1.82) is 0 Å². The Kier molecular flexibility index (Phi) is 5.35. The van der Waals surface area contributed by atoms with Gasteiger partial charge in [-0.3, -0.25) is 14.2 Å². The molecule has 2 rings (SSSR count). The van der Waals surface area contributed by atoms with Gasteiger partial charge in [-0.1, -0.05) is 32.9 Å². The lowest BCUT2D eigenvalue weighted by atomic mass is 9.82. The number of fused-ring (bicyclic) bond motifs is 1. The zero-order valence-electron chi connectivity index (χ0n) is 16.1. The summed E-state index contributed by atoms with van der Waals surface area (Å²) in [6, 6.07) is 5.57. The second-order valence-electron chi connectivity index (χ2n) is 8.63. The number of para-hydroxylation sites is 1. The van der Waals surface area contributed by atoms with E-state index in [9.17, 15) is 9.59 Å². The predicted octanol–water partition coefficient (Wildman–Crippen LogP) is 3.43. The Balaban J connectivity index is 2.06. The van der Waals surface area contributed by atoms with E-state index in [1.807, 2.05) is 32.9 Å². The van der Waals surface area contributed by atoms with Crippen molar-refractivity contribution in [2.75, 3.05) is 0 Å². The maximum atomic E-state index is 12.6. The monoisotopic (exact) mass is 343 g/mol. The van der Waals surface area contributed by atoms with Crippen LogP contribution in [0.2, 0.25) is 0 Å². The number of nitrogens with zero attached hydrogens (tertiary/aromatic N) is 2. The Labute approximate surface area is 149 Å². The maximum Gasteiger partial charge on any atom is 0.261 e. The number of carbonyl (C=O) groups excluding carboxylic acids is 1. The van der Waals surface area contributed by atoms with E-state index in [1.165, 1.54) is 10.9 Å². The molecule has 1 amide bonds. The van der Waals surface area contributed by atoms with Crippen molar-refractivity contribution in [3.8, 4) is 0 Å². The lowest BCUT2D eigenvalue weighted by Gasteiger charge is -2.33. The van der Waals surface area contributed by atoms with Gasteiger partial charge in [-0.05, 0) is 44.2 Å². The molecule has 0 bridgehead atoms. The number of aromatic nitrogens is 2. The number of aryl methyl sites for hydroxylation is 2. The van der Waals surface area contributed by atoms with Gasteiger partial charge < -0.3 is 5.32 Å². The minimum absolute atomic E-state index is 0.0505. The van der Waals surface area contributed by atoms with Crippen LogP contribution in [-0.2, 0) is 11.3 Å². The van der Waals surface area contributed by atoms with Crippen molar-refractivity contribution in [3.05, 3.63) is 40.4 Å². The molecule has 0 radical (unpaired) electrons. The van der Waals surface area contributed by atoms with E-state index in [0.717, 1.165) is 17.5 Å². The van der Waals surface area contributed by atoms with Crippen LogP contribution in [0.25, 0.3) is 10.9 Å². The van der Waals surface area contributed by atoms with Crippen molar-refractivity contribution < 1.29 is 4.79 Å². The first kappa shape index (κ1) is 19.2. The molecule has 0 aliphatic rings. The van der Waals surface area contributed by atoms with Gasteiger partial charge in [0.25, 0.3) is 5.56 Å². The Morgan fingerprint density at radius 1 is 1.20 bits per heavy atom. The summed E-state index contributed by atoms with van der Waals surface area (Å²) >= 11 is 0. The van der Waals surface area contributed by atoms with Gasteiger partial charge in [-0.15, -0.1) is 0 Å². The van der Waals surface area contributed by atoms with Crippen molar-refractivity contribution in [2.24, 2.45) is 5.41 Å². The summed E-state index contributed by atoms with van der Waals surface area (Å²) < 4.78 is 1.51. The summed E-state index contributed by atoms with van der Waals surface area (Å²) in [5.74, 6) is -0.0505. The van der Waals surface area contributed by atoms with E-state index in [0.29, 0.717) is 11.9 Å². The van der Waals surface area contributed by atoms with Gasteiger partial charge >= 0.3 is 0 Å². The van der Waals surface area contributed by atoms with Crippen LogP contribution in [0.15, 0.2) is 29.3 Å². The maximum absolute atomic E-state index is 12.6. The Morgan fingerprint density at radius 3 is 2.52 bits per heavy atom. The standard InChI is InChI=1S/C20H29N3O2/c1-14-8-7-9-15-17(14)21-13-23(18(15)25)11-10-16(24)22-20(5,6)12-19(2,3)4/h7-9,13H,10-12H2,1-6H3,(H,22,24). The van der Waals surface area contributed by atoms with Gasteiger partial charge in [-0.2, -0.15) is 0 Å². The van der Waals surface area contributed by atoms with Crippen molar-refractivity contribution >= 4 is 16.8 Å². The predicted molar refractivity (Wildman–Crippen MR) is 102 cm³/mol. The number of hydrogen-bond donors (Lipinski definition) is 1. The highest BCUT2D eigenvalue weighted by atomic mass is 16.2. The van der Waals surface area contributed by atoms with E-state index in [1.54, 1.807) is 6.07 Å². The van der Waals surface area contributed by atoms with Crippen molar-refractivity contribution in [1.82, 2.24) is 14.9 Å². The molecule has 0 saturated carbocycles. The van der Waals surface area contributed by atoms with E-state index in [4.69, 9.17) is 0 Å². The molecule has 0 aliphatic carbocycles. The molecule has 1 aromatic heterocycles. The van der Waals surface area contributed by atoms with Gasteiger partial charge in [0.15, 0.2) is 0 Å². The number of benzene rings is 1. The second kappa shape index (κ2) is 6.98. The molecule has 25 heavy (non-hydrogen) atoms. The normalized spacial score (nSPS) is 12.4. The molecule has 5 nitrogen and oxygen atoms in total. The molecule has 0 saturated heterocycles. The van der Waals surface area contributed by atoms with Gasteiger partial charge in [0.05, 0.1) is 17.2 Å². The first-order chi connectivity index (χ1) is 11.5. The summed E-state index contributed by atoms with van der Waals surface area (Å²) in [6.07, 6.45) is 2.67. The summed E-state index contributed by atoms with van der Waals surface area (Å²) in [5, 5.41) is 3.67. The lowest BCUT2D eigenvalue weighted by molar-refractivity contribution is -0.123. The summed E-state index contributed by atoms with van der Waals surface area (Å²) in [5.41, 5.74) is 1.45. The van der Waals surface area contributed by atoms with Gasteiger partial charge in [0.2, 0.25) is 5.91 Å². The molecule has 2 aromatic rings. The Bertz CT molecular complexity index is 829. The van der Waals surface area contributed by atoms with Crippen LogP contribution < -0.4 is 10.9 Å². The largest absolute Gasteiger partial charge is 0.351 e. The highest BCUT2D eigenvalue weighted by molar-refractivity contribution is 5.80. The molecule has 0 atom stereocenters. The van der Waals surface area contributed by atoms with Crippen LogP contribution in [-0.4, -0.2) is 21.0 Å². The number of carbonyl (C=O) groups is 1. The zero-order chi connectivity index (χ0) is 18.8. The summed E-state index contributed by atoms with van der Waals surface area (Å²) in [7, 11) is 0. The quantitative estimate of drug-likeness (QED) is 0.904. The molecule has 0 unspecified atom stereocenters. The highest BCUT2D eigenvalue weighted by Crippen LogP contribution is 2.26. The van der Waals surface area contributed by atoms with Gasteiger partial charge in [-0.25, -0.2) is 4.98 Å². The van der Waals surface area contributed by atoms with E-state index >= 15 is 0 Å². The van der Waals surface area contributed by atoms with Crippen LogP contribution in [0.4, 0.5) is 0 Å². The molecule has 0 aliphatic heterocycles. The molecule has 1 aromatic carbocycles. The smallest absolute Gasteiger partial charge is 0.261 e. The minimum atomic E-state index is -0.279. The summed E-state index contributed by atoms with van der Waals surface area (Å²) in [4.78, 5) is 29.2. The fourth-order valence-electron chi connectivity index (χ4n) is 3.53. The average molecular weight is 343 g/mol. The van der Waals surface area contributed by atoms with Crippen LogP contribution in [0.1, 0.15) is 53.0 Å². The number of amides is 1. The van der Waals surface area contributed by atoms with Crippen LogP contribution in [0.3, 0.4) is 0 Å². The topological polar surface area (TPSA) is 64.0 Å². The fourth-order valence-corrected chi connectivity index (χ4v) is 3.53. The van der Waals surface area contributed by atoms with E-state index in [-0.39, 0.29) is 28.8 Å². The molecule has 136 valence electrons. The molecule has 5 heteroatoms. The lowest BCUT2D eigenvalue weighted by Crippen LogP contribution is -2.46. The molecule has 1 heterocycles. The Hall–Kier alpha value is -2.17. The van der Waals surface area contributed by atoms with Gasteiger partial charge in [0.1, 0.15) is 0 Å². The third-order valence-electron chi connectivity index (χ3n) is 4.09. The second-order valence-corrected chi connectivity index (χ2v) is 8.63. The van der Waals surface area contributed by atoms with Crippen LogP contribution in [0, 0.1) is 12.3 Å². The molecule has 0 spiro atoms. The van der Waals surface area contributed by atoms with Crippen molar-refractivity contribution in [3.63, 3.8) is 0 Å². The first-order valence-electron chi connectivity index (χ1n) is 8.74. The van der Waals surface area contributed by atoms with E-state index < -0.39 is 0 Å². The molecule has 0 fully saturated rings. The highest BCUT2D eigenvalue weighted by Gasteiger charge is 2.26. The first-order valence-corrected chi connectivity index (χ1v) is 8.74. The Morgan fingerprint density at radius 2 is 1.88 bits per heavy atom. The SMILES string of the molecule is Cc1cccc2c(=O)n(CCC(=O)NC(C)(C)CC(C)(C)C)cnc12. The van der Waals surface area contributed by atoms with Gasteiger partial charge in [0, 0.05) is 18.5 Å². The fraction of sp³-hybridized carbons (Fsp3) is 0.550. The van der Waals surface area contributed by atoms with Crippen molar-refractivity contribution in [2.45, 2.75) is 66.5 Å². The minimum Gasteiger partial charge on any atom is -0.351 e. The van der Waals surface area contributed by atoms with Crippen LogP contribution >= 0.6 is 0 Å². The van der Waals surface area contributed by atoms with Crippen LogP contribution in [0.5, 0.6) is 0 Å².